The third-order valence-electron chi connectivity index (χ3n) is 1.34. The van der Waals surface area contributed by atoms with Gasteiger partial charge in [-0.2, -0.15) is 5.06 Å². The van der Waals surface area contributed by atoms with Gasteiger partial charge in [0, 0.05) is 14.1 Å². The van der Waals surface area contributed by atoms with Crippen molar-refractivity contribution in [3.05, 3.63) is 0 Å². The van der Waals surface area contributed by atoms with Crippen LogP contribution in [0.15, 0.2) is 0 Å². The molecule has 13 heavy (non-hydrogen) atoms. The van der Waals surface area contributed by atoms with Crippen molar-refractivity contribution in [2.75, 3.05) is 20.7 Å². The molecular weight excluding hydrogens is 170 g/mol. The lowest BCUT2D eigenvalue weighted by atomic mass is 10.1. The maximum atomic E-state index is 11.4. The van der Waals surface area contributed by atoms with Crippen LogP contribution in [0.3, 0.4) is 0 Å². The van der Waals surface area contributed by atoms with Crippen molar-refractivity contribution >= 4 is 5.97 Å². The Bertz CT molecular complexity index is 166. The van der Waals surface area contributed by atoms with Gasteiger partial charge in [-0.1, -0.05) is 6.92 Å². The number of hydroxylamine groups is 2. The van der Waals surface area contributed by atoms with Crippen LogP contribution in [0.2, 0.25) is 0 Å². The van der Waals surface area contributed by atoms with E-state index in [2.05, 4.69) is 0 Å². The maximum absolute atomic E-state index is 11.4. The predicted molar refractivity (Wildman–Crippen MR) is 50.1 cm³/mol. The van der Waals surface area contributed by atoms with Gasteiger partial charge in [0.15, 0.2) is 5.60 Å². The summed E-state index contributed by atoms with van der Waals surface area (Å²) in [6.07, 6.45) is 0.823. The van der Waals surface area contributed by atoms with E-state index in [1.54, 1.807) is 27.9 Å². The van der Waals surface area contributed by atoms with Crippen molar-refractivity contribution < 1.29 is 14.4 Å². The van der Waals surface area contributed by atoms with Gasteiger partial charge >= 0.3 is 5.97 Å². The number of nitrogens with zero attached hydrogens (tertiary/aromatic N) is 1. The first kappa shape index (κ1) is 12.4. The Morgan fingerprint density at radius 2 is 1.92 bits per heavy atom. The minimum atomic E-state index is -0.904. The van der Waals surface area contributed by atoms with Crippen molar-refractivity contribution in [2.45, 2.75) is 32.8 Å². The van der Waals surface area contributed by atoms with Gasteiger partial charge in [-0.25, -0.2) is 4.79 Å². The second-order valence-corrected chi connectivity index (χ2v) is 3.55. The van der Waals surface area contributed by atoms with Crippen LogP contribution in [-0.2, 0) is 14.4 Å². The minimum Gasteiger partial charge on any atom is -0.464 e. The SMILES string of the molecule is CCCOC(=O)C(C)(C)ON(C)C. The van der Waals surface area contributed by atoms with E-state index in [0.29, 0.717) is 6.61 Å². The van der Waals surface area contributed by atoms with Crippen LogP contribution in [0.5, 0.6) is 0 Å². The summed E-state index contributed by atoms with van der Waals surface area (Å²) < 4.78 is 4.97. The van der Waals surface area contributed by atoms with E-state index in [-0.39, 0.29) is 5.97 Å². The molecule has 0 rings (SSSR count). The Labute approximate surface area is 79.8 Å². The molecule has 4 heteroatoms. The smallest absolute Gasteiger partial charge is 0.339 e. The fourth-order valence-corrected chi connectivity index (χ4v) is 0.862. The number of carbonyl (C=O) groups is 1. The third-order valence-corrected chi connectivity index (χ3v) is 1.34. The van der Waals surface area contributed by atoms with E-state index < -0.39 is 5.60 Å². The zero-order valence-corrected chi connectivity index (χ0v) is 9.09. The Hall–Kier alpha value is -0.610. The summed E-state index contributed by atoms with van der Waals surface area (Å²) in [4.78, 5) is 16.6. The molecule has 0 aromatic rings. The van der Waals surface area contributed by atoms with Crippen LogP contribution in [0.4, 0.5) is 0 Å². The third kappa shape index (κ3) is 4.85. The number of hydrogen-bond acceptors (Lipinski definition) is 4. The number of ether oxygens (including phenoxy) is 1. The van der Waals surface area contributed by atoms with Crippen LogP contribution in [0, 0.1) is 0 Å². The fraction of sp³-hybridized carbons (Fsp3) is 0.889. The molecule has 0 heterocycles. The molecule has 0 atom stereocenters. The summed E-state index contributed by atoms with van der Waals surface area (Å²) in [5.74, 6) is -0.331. The van der Waals surface area contributed by atoms with Crippen molar-refractivity contribution in [3.63, 3.8) is 0 Å². The van der Waals surface area contributed by atoms with Crippen LogP contribution in [-0.4, -0.2) is 37.3 Å². The molecule has 0 aliphatic carbocycles. The average Bonchev–Trinajstić information content (AvgIpc) is 1.97. The molecule has 0 aliphatic rings. The molecule has 0 aromatic carbocycles. The molecular formula is C9H19NO3. The number of hydrogen-bond donors (Lipinski definition) is 0. The minimum absolute atomic E-state index is 0.331. The second kappa shape index (κ2) is 5.19. The quantitative estimate of drug-likeness (QED) is 0.481. The Morgan fingerprint density at radius 1 is 1.38 bits per heavy atom. The first-order valence-corrected chi connectivity index (χ1v) is 4.44. The molecule has 0 aromatic heterocycles. The molecule has 0 N–H and O–H groups in total. The summed E-state index contributed by atoms with van der Waals surface area (Å²) in [5, 5.41) is 1.49. The molecule has 78 valence electrons. The summed E-state index contributed by atoms with van der Waals surface area (Å²) in [5.41, 5.74) is -0.904. The summed E-state index contributed by atoms with van der Waals surface area (Å²) in [6.45, 7) is 5.77. The van der Waals surface area contributed by atoms with Gasteiger partial charge in [-0.15, -0.1) is 0 Å². The zero-order valence-electron chi connectivity index (χ0n) is 9.09. The highest BCUT2D eigenvalue weighted by Gasteiger charge is 2.31. The number of carbonyl (C=O) groups excluding carboxylic acids is 1. The normalized spacial score (nSPS) is 11.8. The van der Waals surface area contributed by atoms with Gasteiger partial charge < -0.3 is 4.74 Å². The first-order chi connectivity index (χ1) is 5.90. The lowest BCUT2D eigenvalue weighted by molar-refractivity contribution is -0.223. The van der Waals surface area contributed by atoms with Gasteiger partial charge in [0.2, 0.25) is 0 Å². The van der Waals surface area contributed by atoms with Crippen molar-refractivity contribution in [1.82, 2.24) is 5.06 Å². The highest BCUT2D eigenvalue weighted by Crippen LogP contribution is 2.12. The predicted octanol–water partition coefficient (Wildman–Crippen LogP) is 1.21. The van der Waals surface area contributed by atoms with Gasteiger partial charge in [0.1, 0.15) is 0 Å². The molecule has 0 bridgehead atoms. The summed E-state index contributed by atoms with van der Waals surface area (Å²) in [6, 6.07) is 0. The molecule has 0 radical (unpaired) electrons. The Morgan fingerprint density at radius 3 is 2.31 bits per heavy atom. The van der Waals surface area contributed by atoms with E-state index in [9.17, 15) is 4.79 Å². The van der Waals surface area contributed by atoms with Crippen molar-refractivity contribution in [1.29, 1.82) is 0 Å². The topological polar surface area (TPSA) is 38.8 Å². The Balaban J connectivity index is 4.03. The largest absolute Gasteiger partial charge is 0.464 e. The molecule has 0 saturated heterocycles. The molecule has 4 nitrogen and oxygen atoms in total. The molecule has 0 unspecified atom stereocenters. The van der Waals surface area contributed by atoms with Gasteiger partial charge in [0.05, 0.1) is 6.61 Å². The summed E-state index contributed by atoms with van der Waals surface area (Å²) >= 11 is 0. The van der Waals surface area contributed by atoms with E-state index in [0.717, 1.165) is 6.42 Å². The van der Waals surface area contributed by atoms with E-state index in [4.69, 9.17) is 9.57 Å². The molecule has 0 spiro atoms. The fourth-order valence-electron chi connectivity index (χ4n) is 0.862. The lowest BCUT2D eigenvalue weighted by Gasteiger charge is -2.25. The molecule has 0 fully saturated rings. The Kier molecular flexibility index (Phi) is 4.95. The molecule has 0 aliphatic heterocycles. The van der Waals surface area contributed by atoms with Gasteiger partial charge in [-0.05, 0) is 20.3 Å². The highest BCUT2D eigenvalue weighted by molar-refractivity contribution is 5.78. The first-order valence-electron chi connectivity index (χ1n) is 4.44. The number of rotatable bonds is 5. The van der Waals surface area contributed by atoms with E-state index >= 15 is 0 Å². The average molecular weight is 189 g/mol. The van der Waals surface area contributed by atoms with E-state index in [1.807, 2.05) is 6.92 Å². The zero-order chi connectivity index (χ0) is 10.5. The molecule has 0 amide bonds. The molecule has 0 saturated carbocycles. The summed E-state index contributed by atoms with van der Waals surface area (Å²) in [7, 11) is 3.46. The standard InChI is InChI=1S/C9H19NO3/c1-6-7-12-8(11)9(2,3)13-10(4)5/h6-7H2,1-5H3. The number of esters is 1. The van der Waals surface area contributed by atoms with Crippen LogP contribution < -0.4 is 0 Å². The second-order valence-electron chi connectivity index (χ2n) is 3.55. The van der Waals surface area contributed by atoms with Crippen LogP contribution >= 0.6 is 0 Å². The van der Waals surface area contributed by atoms with Crippen LogP contribution in [0.25, 0.3) is 0 Å². The van der Waals surface area contributed by atoms with Crippen LogP contribution in [0.1, 0.15) is 27.2 Å². The van der Waals surface area contributed by atoms with Gasteiger partial charge in [-0.3, -0.25) is 4.84 Å². The van der Waals surface area contributed by atoms with Crippen molar-refractivity contribution in [2.24, 2.45) is 0 Å². The maximum Gasteiger partial charge on any atom is 0.339 e. The van der Waals surface area contributed by atoms with E-state index in [1.165, 1.54) is 5.06 Å². The lowest BCUT2D eigenvalue weighted by Crippen LogP contribution is -2.41. The highest BCUT2D eigenvalue weighted by atomic mass is 16.7. The monoisotopic (exact) mass is 189 g/mol. The van der Waals surface area contributed by atoms with Gasteiger partial charge in [0.25, 0.3) is 0 Å². The van der Waals surface area contributed by atoms with Crippen molar-refractivity contribution in [3.8, 4) is 0 Å².